The average Bonchev–Trinajstić information content (AvgIpc) is 2.21. The summed E-state index contributed by atoms with van der Waals surface area (Å²) in [4.78, 5) is 21.8. The van der Waals surface area contributed by atoms with Crippen molar-refractivity contribution in [2.24, 2.45) is 0 Å². The largest absolute Gasteiger partial charge is 0.423 e. The third-order valence-corrected chi connectivity index (χ3v) is 2.09. The molecular weight excluding hydrogens is 244 g/mol. The summed E-state index contributed by atoms with van der Waals surface area (Å²) < 4.78 is 9.90. The van der Waals surface area contributed by atoms with Gasteiger partial charge in [-0.15, -0.1) is 11.6 Å². The molecule has 0 N–H and O–H groups in total. The molecule has 5 heteroatoms. The van der Waals surface area contributed by atoms with Crippen LogP contribution in [0.25, 0.3) is 0 Å². The van der Waals surface area contributed by atoms with Crippen molar-refractivity contribution >= 4 is 23.5 Å². The fourth-order valence-electron chi connectivity index (χ4n) is 1.29. The van der Waals surface area contributed by atoms with E-state index in [0.29, 0.717) is 12.3 Å². The van der Waals surface area contributed by atoms with E-state index >= 15 is 0 Å². The van der Waals surface area contributed by atoms with Crippen molar-refractivity contribution in [1.82, 2.24) is 0 Å². The fourth-order valence-corrected chi connectivity index (χ4v) is 1.51. The van der Waals surface area contributed by atoms with Crippen molar-refractivity contribution in [2.45, 2.75) is 20.3 Å². The number of halogens is 1. The van der Waals surface area contributed by atoms with Gasteiger partial charge in [0.15, 0.2) is 11.5 Å². The van der Waals surface area contributed by atoms with Crippen molar-refractivity contribution in [3.63, 3.8) is 0 Å². The Morgan fingerprint density at radius 3 is 2.24 bits per heavy atom. The van der Waals surface area contributed by atoms with E-state index in [0.717, 1.165) is 5.56 Å². The van der Waals surface area contributed by atoms with E-state index in [4.69, 9.17) is 21.1 Å². The van der Waals surface area contributed by atoms with Gasteiger partial charge in [0.25, 0.3) is 0 Å². The number of hydrogen-bond donors (Lipinski definition) is 0. The molecule has 0 amide bonds. The maximum Gasteiger partial charge on any atom is 0.308 e. The van der Waals surface area contributed by atoms with Crippen LogP contribution in [0.2, 0.25) is 0 Å². The summed E-state index contributed by atoms with van der Waals surface area (Å²) in [5.41, 5.74) is 0.909. The predicted octanol–water partition coefficient (Wildman–Crippen LogP) is 2.32. The molecule has 0 unspecified atom stereocenters. The molecule has 1 aromatic carbocycles. The molecule has 17 heavy (non-hydrogen) atoms. The van der Waals surface area contributed by atoms with Crippen LogP contribution in [-0.2, 0) is 16.0 Å². The SMILES string of the molecule is CC(=O)Oc1ccc(CCCl)cc1OC(C)=O. The molecule has 1 rings (SSSR count). The lowest BCUT2D eigenvalue weighted by atomic mass is 10.1. The standard InChI is InChI=1S/C12H13ClO4/c1-8(14)16-11-4-3-10(5-6-13)7-12(11)17-9(2)15/h3-4,7H,5-6H2,1-2H3. The second-order valence-corrected chi connectivity index (χ2v) is 3.79. The van der Waals surface area contributed by atoms with Crippen LogP contribution in [0.1, 0.15) is 19.4 Å². The molecule has 0 saturated heterocycles. The van der Waals surface area contributed by atoms with Crippen LogP contribution in [0.4, 0.5) is 0 Å². The first-order valence-corrected chi connectivity index (χ1v) is 5.62. The van der Waals surface area contributed by atoms with Gasteiger partial charge in [-0.3, -0.25) is 9.59 Å². The molecule has 4 nitrogen and oxygen atoms in total. The molecule has 0 heterocycles. The number of benzene rings is 1. The summed E-state index contributed by atoms with van der Waals surface area (Å²) >= 11 is 5.63. The minimum Gasteiger partial charge on any atom is -0.423 e. The van der Waals surface area contributed by atoms with Gasteiger partial charge in [-0.2, -0.15) is 0 Å². The van der Waals surface area contributed by atoms with Crippen LogP contribution in [0.15, 0.2) is 18.2 Å². The maximum absolute atomic E-state index is 10.9. The predicted molar refractivity (Wildman–Crippen MR) is 63.5 cm³/mol. The Morgan fingerprint density at radius 2 is 1.71 bits per heavy atom. The molecule has 0 aliphatic heterocycles. The Bertz CT molecular complexity index is 429. The molecular formula is C12H13ClO4. The van der Waals surface area contributed by atoms with Crippen molar-refractivity contribution in [2.75, 3.05) is 5.88 Å². The fraction of sp³-hybridized carbons (Fsp3) is 0.333. The number of alkyl halides is 1. The number of ether oxygens (including phenoxy) is 2. The first kappa shape index (κ1) is 13.5. The molecule has 0 spiro atoms. The zero-order valence-corrected chi connectivity index (χ0v) is 10.4. The van der Waals surface area contributed by atoms with E-state index < -0.39 is 11.9 Å². The first-order chi connectivity index (χ1) is 8.02. The number of carbonyl (C=O) groups is 2. The molecule has 0 aliphatic carbocycles. The van der Waals surface area contributed by atoms with Crippen molar-refractivity contribution < 1.29 is 19.1 Å². The lowest BCUT2D eigenvalue weighted by molar-refractivity contribution is -0.134. The van der Waals surface area contributed by atoms with E-state index in [-0.39, 0.29) is 11.5 Å². The van der Waals surface area contributed by atoms with E-state index in [9.17, 15) is 9.59 Å². The third-order valence-electron chi connectivity index (χ3n) is 1.90. The van der Waals surface area contributed by atoms with Gasteiger partial charge < -0.3 is 9.47 Å². The van der Waals surface area contributed by atoms with E-state index in [1.807, 2.05) is 0 Å². The molecule has 0 saturated carbocycles. The quantitative estimate of drug-likeness (QED) is 0.471. The highest BCUT2D eigenvalue weighted by Gasteiger charge is 2.10. The maximum atomic E-state index is 10.9. The number of rotatable bonds is 4. The van der Waals surface area contributed by atoms with Gasteiger partial charge in [-0.05, 0) is 24.1 Å². The molecule has 92 valence electrons. The number of aryl methyl sites for hydroxylation is 1. The Labute approximate surface area is 104 Å². The van der Waals surface area contributed by atoms with E-state index in [2.05, 4.69) is 0 Å². The Morgan fingerprint density at radius 1 is 1.12 bits per heavy atom. The number of hydrogen-bond acceptors (Lipinski definition) is 4. The second kappa shape index (κ2) is 6.25. The second-order valence-electron chi connectivity index (χ2n) is 3.41. The average molecular weight is 257 g/mol. The van der Waals surface area contributed by atoms with Crippen molar-refractivity contribution in [3.8, 4) is 11.5 Å². The summed E-state index contributed by atoms with van der Waals surface area (Å²) in [7, 11) is 0. The molecule has 0 radical (unpaired) electrons. The highest BCUT2D eigenvalue weighted by atomic mass is 35.5. The van der Waals surface area contributed by atoms with Crippen LogP contribution in [0, 0.1) is 0 Å². The van der Waals surface area contributed by atoms with Gasteiger partial charge in [0.2, 0.25) is 0 Å². The Kier molecular flexibility index (Phi) is 4.97. The zero-order valence-electron chi connectivity index (χ0n) is 9.66. The lowest BCUT2D eigenvalue weighted by Gasteiger charge is -2.09. The molecule has 0 bridgehead atoms. The first-order valence-electron chi connectivity index (χ1n) is 5.08. The summed E-state index contributed by atoms with van der Waals surface area (Å²) in [6.07, 6.45) is 0.649. The zero-order chi connectivity index (χ0) is 12.8. The van der Waals surface area contributed by atoms with Crippen LogP contribution in [-0.4, -0.2) is 17.8 Å². The summed E-state index contributed by atoms with van der Waals surface area (Å²) in [6.45, 7) is 2.57. The van der Waals surface area contributed by atoms with Crippen LogP contribution in [0.5, 0.6) is 11.5 Å². The Balaban J connectivity index is 3.02. The number of carbonyl (C=O) groups excluding carboxylic acids is 2. The Hall–Kier alpha value is -1.55. The van der Waals surface area contributed by atoms with Crippen LogP contribution in [0.3, 0.4) is 0 Å². The third kappa shape index (κ3) is 4.44. The van der Waals surface area contributed by atoms with Gasteiger partial charge in [0.1, 0.15) is 0 Å². The topological polar surface area (TPSA) is 52.6 Å². The van der Waals surface area contributed by atoms with Gasteiger partial charge in [-0.25, -0.2) is 0 Å². The number of esters is 2. The highest BCUT2D eigenvalue weighted by molar-refractivity contribution is 6.18. The summed E-state index contributed by atoms with van der Waals surface area (Å²) in [5, 5.41) is 0. The van der Waals surface area contributed by atoms with Crippen molar-refractivity contribution in [1.29, 1.82) is 0 Å². The van der Waals surface area contributed by atoms with Gasteiger partial charge >= 0.3 is 11.9 Å². The smallest absolute Gasteiger partial charge is 0.308 e. The van der Waals surface area contributed by atoms with E-state index in [1.54, 1.807) is 18.2 Å². The molecule has 1 aromatic rings. The molecule has 0 fully saturated rings. The molecule has 0 aromatic heterocycles. The van der Waals surface area contributed by atoms with Crippen molar-refractivity contribution in [3.05, 3.63) is 23.8 Å². The summed E-state index contributed by atoms with van der Waals surface area (Å²) in [5.74, 6) is -0.0156. The minimum atomic E-state index is -0.471. The molecule has 0 aliphatic rings. The summed E-state index contributed by atoms with van der Waals surface area (Å²) in [6, 6.07) is 5.00. The molecule has 0 atom stereocenters. The minimum absolute atomic E-state index is 0.228. The monoisotopic (exact) mass is 256 g/mol. The normalized spacial score (nSPS) is 9.82. The van der Waals surface area contributed by atoms with Gasteiger partial charge in [-0.1, -0.05) is 6.07 Å². The van der Waals surface area contributed by atoms with Crippen LogP contribution >= 0.6 is 11.6 Å². The van der Waals surface area contributed by atoms with Crippen LogP contribution < -0.4 is 9.47 Å². The van der Waals surface area contributed by atoms with Gasteiger partial charge in [0.05, 0.1) is 0 Å². The van der Waals surface area contributed by atoms with E-state index in [1.165, 1.54) is 13.8 Å². The van der Waals surface area contributed by atoms with Gasteiger partial charge in [0, 0.05) is 19.7 Å². The lowest BCUT2D eigenvalue weighted by Crippen LogP contribution is -2.07. The highest BCUT2D eigenvalue weighted by Crippen LogP contribution is 2.29.